The van der Waals surface area contributed by atoms with Crippen LogP contribution in [0.2, 0.25) is 10.2 Å². The van der Waals surface area contributed by atoms with Gasteiger partial charge in [-0.05, 0) is 30.3 Å². The second-order valence-electron chi connectivity index (χ2n) is 3.27. The second kappa shape index (κ2) is 5.05. The van der Waals surface area contributed by atoms with E-state index in [1.807, 2.05) is 18.2 Å². The van der Waals surface area contributed by atoms with E-state index in [-0.39, 0.29) is 5.15 Å². The average molecular weight is 264 g/mol. The van der Waals surface area contributed by atoms with Crippen LogP contribution in [0.15, 0.2) is 36.5 Å². The predicted octanol–water partition coefficient (Wildman–Crippen LogP) is 4.00. The van der Waals surface area contributed by atoms with Gasteiger partial charge in [-0.2, -0.15) is 5.26 Å². The molecule has 0 aliphatic rings. The molecule has 5 heteroatoms. The van der Waals surface area contributed by atoms with E-state index in [1.165, 1.54) is 0 Å². The van der Waals surface area contributed by atoms with Crippen molar-refractivity contribution >= 4 is 34.6 Å². The molecular weight excluding hydrogens is 257 g/mol. The van der Waals surface area contributed by atoms with Crippen molar-refractivity contribution in [2.75, 3.05) is 5.32 Å². The van der Waals surface area contributed by atoms with E-state index in [4.69, 9.17) is 28.5 Å². The van der Waals surface area contributed by atoms with Crippen LogP contribution in [0.3, 0.4) is 0 Å². The number of nitrogens with one attached hydrogen (secondary N) is 1. The van der Waals surface area contributed by atoms with Crippen molar-refractivity contribution < 1.29 is 0 Å². The molecule has 0 aliphatic heterocycles. The van der Waals surface area contributed by atoms with Gasteiger partial charge in [-0.15, -0.1) is 0 Å². The summed E-state index contributed by atoms with van der Waals surface area (Å²) >= 11 is 11.6. The van der Waals surface area contributed by atoms with Gasteiger partial charge in [-0.25, -0.2) is 4.98 Å². The quantitative estimate of drug-likeness (QED) is 0.834. The standard InChI is InChI=1S/C12H7Cl2N3/c13-8-1-3-9(4-2-8)17-11-5-6-16-12(14)10(11)7-15/h1-6H,(H,16,17). The fourth-order valence-corrected chi connectivity index (χ4v) is 1.66. The van der Waals surface area contributed by atoms with Crippen molar-refractivity contribution in [1.82, 2.24) is 4.98 Å². The Kier molecular flexibility index (Phi) is 3.48. The zero-order valence-corrected chi connectivity index (χ0v) is 10.1. The minimum absolute atomic E-state index is 0.187. The largest absolute Gasteiger partial charge is 0.354 e. The van der Waals surface area contributed by atoms with Gasteiger partial charge in [0.2, 0.25) is 0 Å². The van der Waals surface area contributed by atoms with Crippen LogP contribution < -0.4 is 5.32 Å². The predicted molar refractivity (Wildman–Crippen MR) is 68.7 cm³/mol. The first-order valence-corrected chi connectivity index (χ1v) is 5.53. The zero-order valence-electron chi connectivity index (χ0n) is 8.61. The molecule has 2 rings (SSSR count). The lowest BCUT2D eigenvalue weighted by atomic mass is 10.2. The Hall–Kier alpha value is -1.76. The summed E-state index contributed by atoms with van der Waals surface area (Å²) in [5.74, 6) is 0. The highest BCUT2D eigenvalue weighted by Gasteiger charge is 2.07. The van der Waals surface area contributed by atoms with Gasteiger partial charge in [0, 0.05) is 16.9 Å². The number of benzene rings is 1. The molecule has 0 atom stereocenters. The van der Waals surface area contributed by atoms with Crippen LogP contribution in [0.4, 0.5) is 11.4 Å². The maximum Gasteiger partial charge on any atom is 0.148 e. The molecule has 0 spiro atoms. The van der Waals surface area contributed by atoms with Crippen molar-refractivity contribution in [3.63, 3.8) is 0 Å². The van der Waals surface area contributed by atoms with Crippen molar-refractivity contribution in [2.45, 2.75) is 0 Å². The Balaban J connectivity index is 2.34. The van der Waals surface area contributed by atoms with Crippen LogP contribution in [0.25, 0.3) is 0 Å². The summed E-state index contributed by atoms with van der Waals surface area (Å²) in [6, 6.07) is 10.9. The highest BCUT2D eigenvalue weighted by atomic mass is 35.5. The van der Waals surface area contributed by atoms with Crippen LogP contribution >= 0.6 is 23.2 Å². The molecule has 2 aromatic rings. The van der Waals surface area contributed by atoms with Gasteiger partial charge in [0.25, 0.3) is 0 Å². The van der Waals surface area contributed by atoms with Crippen LogP contribution in [-0.4, -0.2) is 4.98 Å². The van der Waals surface area contributed by atoms with Crippen LogP contribution in [0, 0.1) is 11.3 Å². The molecule has 0 saturated heterocycles. The first kappa shape index (κ1) is 11.7. The number of nitrogens with zero attached hydrogens (tertiary/aromatic N) is 2. The SMILES string of the molecule is N#Cc1c(Nc2ccc(Cl)cc2)ccnc1Cl. The normalized spacial score (nSPS) is 9.71. The Morgan fingerprint density at radius 3 is 2.47 bits per heavy atom. The fraction of sp³-hybridized carbons (Fsp3) is 0. The maximum atomic E-state index is 8.99. The van der Waals surface area contributed by atoms with Crippen molar-refractivity contribution in [2.24, 2.45) is 0 Å². The third-order valence-electron chi connectivity index (χ3n) is 2.14. The molecule has 17 heavy (non-hydrogen) atoms. The average Bonchev–Trinajstić information content (AvgIpc) is 2.32. The molecule has 1 N–H and O–H groups in total. The van der Waals surface area contributed by atoms with E-state index in [0.29, 0.717) is 16.3 Å². The maximum absolute atomic E-state index is 8.99. The Labute approximate surface area is 109 Å². The number of hydrogen-bond acceptors (Lipinski definition) is 3. The van der Waals surface area contributed by atoms with Gasteiger partial charge >= 0.3 is 0 Å². The number of aromatic nitrogens is 1. The van der Waals surface area contributed by atoms with Gasteiger partial charge in [0.1, 0.15) is 16.8 Å². The molecule has 1 aromatic heterocycles. The minimum atomic E-state index is 0.187. The lowest BCUT2D eigenvalue weighted by molar-refractivity contribution is 1.30. The number of rotatable bonds is 2. The summed E-state index contributed by atoms with van der Waals surface area (Å²) in [6.45, 7) is 0. The number of anilines is 2. The number of nitriles is 1. The summed E-state index contributed by atoms with van der Waals surface area (Å²) in [5.41, 5.74) is 1.77. The molecule has 0 bridgehead atoms. The molecule has 0 saturated carbocycles. The summed E-state index contributed by atoms with van der Waals surface area (Å²) < 4.78 is 0. The Morgan fingerprint density at radius 2 is 1.82 bits per heavy atom. The van der Waals surface area contributed by atoms with Crippen molar-refractivity contribution in [1.29, 1.82) is 5.26 Å². The molecule has 1 heterocycles. The zero-order chi connectivity index (χ0) is 12.3. The molecule has 0 fully saturated rings. The Morgan fingerprint density at radius 1 is 1.12 bits per heavy atom. The number of pyridine rings is 1. The lowest BCUT2D eigenvalue weighted by Gasteiger charge is -2.08. The van der Waals surface area contributed by atoms with E-state index in [2.05, 4.69) is 10.3 Å². The van der Waals surface area contributed by atoms with E-state index in [9.17, 15) is 0 Å². The lowest BCUT2D eigenvalue weighted by Crippen LogP contribution is -1.95. The van der Waals surface area contributed by atoms with E-state index < -0.39 is 0 Å². The monoisotopic (exact) mass is 263 g/mol. The smallest absolute Gasteiger partial charge is 0.148 e. The molecule has 0 unspecified atom stereocenters. The summed E-state index contributed by atoms with van der Waals surface area (Å²) in [4.78, 5) is 3.85. The molecular formula is C12H7Cl2N3. The second-order valence-corrected chi connectivity index (χ2v) is 4.06. The van der Waals surface area contributed by atoms with Crippen molar-refractivity contribution in [3.05, 3.63) is 52.3 Å². The van der Waals surface area contributed by atoms with Crippen LogP contribution in [-0.2, 0) is 0 Å². The topological polar surface area (TPSA) is 48.7 Å². The van der Waals surface area contributed by atoms with Crippen LogP contribution in [0.1, 0.15) is 5.56 Å². The van der Waals surface area contributed by atoms with E-state index >= 15 is 0 Å². The number of hydrogen-bond donors (Lipinski definition) is 1. The highest BCUT2D eigenvalue weighted by molar-refractivity contribution is 6.31. The van der Waals surface area contributed by atoms with Crippen LogP contribution in [0.5, 0.6) is 0 Å². The summed E-state index contributed by atoms with van der Waals surface area (Å²) in [7, 11) is 0. The van der Waals surface area contributed by atoms with E-state index in [1.54, 1.807) is 24.4 Å². The minimum Gasteiger partial charge on any atom is -0.354 e. The summed E-state index contributed by atoms with van der Waals surface area (Å²) in [6.07, 6.45) is 1.54. The van der Waals surface area contributed by atoms with Gasteiger partial charge in [0.05, 0.1) is 5.69 Å². The Bertz CT molecular complexity index is 573. The fourth-order valence-electron chi connectivity index (χ4n) is 1.34. The third-order valence-corrected chi connectivity index (χ3v) is 2.68. The van der Waals surface area contributed by atoms with Gasteiger partial charge in [-0.1, -0.05) is 23.2 Å². The first-order chi connectivity index (χ1) is 8.20. The molecule has 0 amide bonds. The molecule has 0 aliphatic carbocycles. The highest BCUT2D eigenvalue weighted by Crippen LogP contribution is 2.25. The van der Waals surface area contributed by atoms with E-state index in [0.717, 1.165) is 5.69 Å². The van der Waals surface area contributed by atoms with Gasteiger partial charge in [-0.3, -0.25) is 0 Å². The van der Waals surface area contributed by atoms with Gasteiger partial charge < -0.3 is 5.32 Å². The molecule has 0 radical (unpaired) electrons. The van der Waals surface area contributed by atoms with Gasteiger partial charge in [0.15, 0.2) is 0 Å². The molecule has 3 nitrogen and oxygen atoms in total. The third kappa shape index (κ3) is 2.68. The molecule has 84 valence electrons. The summed E-state index contributed by atoms with van der Waals surface area (Å²) in [5, 5.41) is 12.9. The molecule has 1 aromatic carbocycles. The van der Waals surface area contributed by atoms with Crippen molar-refractivity contribution in [3.8, 4) is 6.07 Å². The number of halogens is 2. The first-order valence-electron chi connectivity index (χ1n) is 4.78.